The van der Waals surface area contributed by atoms with Gasteiger partial charge >= 0.3 is 5.97 Å². The van der Waals surface area contributed by atoms with E-state index in [1.807, 2.05) is 0 Å². The SMILES string of the molecule is O=C(O)Cc1nc(F)c(F)c(-c2cc(Cl)cc(Cl)c2)c1F. The van der Waals surface area contributed by atoms with E-state index in [0.717, 1.165) is 0 Å². The van der Waals surface area contributed by atoms with Gasteiger partial charge in [-0.1, -0.05) is 23.2 Å². The van der Waals surface area contributed by atoms with Gasteiger partial charge in [0, 0.05) is 10.0 Å². The molecule has 0 aliphatic carbocycles. The molecule has 1 N–H and O–H groups in total. The highest BCUT2D eigenvalue weighted by Gasteiger charge is 2.23. The molecule has 2 aromatic rings. The third-order valence-corrected chi connectivity index (χ3v) is 3.01. The van der Waals surface area contributed by atoms with Crippen LogP contribution in [0.4, 0.5) is 13.2 Å². The van der Waals surface area contributed by atoms with E-state index in [2.05, 4.69) is 4.98 Å². The second-order valence-electron chi connectivity index (χ2n) is 4.08. The van der Waals surface area contributed by atoms with Gasteiger partial charge in [0.05, 0.1) is 17.7 Å². The number of pyridine rings is 1. The molecule has 0 unspecified atom stereocenters. The molecular weight excluding hydrogens is 330 g/mol. The van der Waals surface area contributed by atoms with Gasteiger partial charge in [-0.15, -0.1) is 0 Å². The lowest BCUT2D eigenvalue weighted by Gasteiger charge is -2.10. The van der Waals surface area contributed by atoms with Crippen LogP contribution in [0.1, 0.15) is 5.69 Å². The molecule has 110 valence electrons. The first-order valence-corrected chi connectivity index (χ1v) is 6.26. The lowest BCUT2D eigenvalue weighted by Crippen LogP contribution is -2.10. The highest BCUT2D eigenvalue weighted by molar-refractivity contribution is 6.35. The molecule has 21 heavy (non-hydrogen) atoms. The fraction of sp³-hybridized carbons (Fsp3) is 0.0769. The van der Waals surface area contributed by atoms with Gasteiger partial charge in [-0.05, 0) is 23.8 Å². The lowest BCUT2D eigenvalue weighted by molar-refractivity contribution is -0.136. The Morgan fingerprint density at radius 2 is 1.67 bits per heavy atom. The number of carboxylic acids is 1. The highest BCUT2D eigenvalue weighted by Crippen LogP contribution is 2.32. The topological polar surface area (TPSA) is 50.2 Å². The van der Waals surface area contributed by atoms with Crippen LogP contribution >= 0.6 is 23.2 Å². The summed E-state index contributed by atoms with van der Waals surface area (Å²) in [7, 11) is 0. The first-order valence-electron chi connectivity index (χ1n) is 5.51. The number of halogens is 5. The summed E-state index contributed by atoms with van der Waals surface area (Å²) in [4.78, 5) is 13.6. The number of benzene rings is 1. The van der Waals surface area contributed by atoms with Gasteiger partial charge < -0.3 is 5.11 Å². The van der Waals surface area contributed by atoms with E-state index >= 15 is 0 Å². The maximum Gasteiger partial charge on any atom is 0.309 e. The molecule has 8 heteroatoms. The number of aromatic nitrogens is 1. The minimum absolute atomic E-state index is 0.0910. The van der Waals surface area contributed by atoms with Crippen LogP contribution in [0, 0.1) is 17.6 Å². The van der Waals surface area contributed by atoms with Gasteiger partial charge in [0.15, 0.2) is 11.6 Å². The third-order valence-electron chi connectivity index (χ3n) is 2.58. The van der Waals surface area contributed by atoms with E-state index in [9.17, 15) is 18.0 Å². The molecule has 0 atom stereocenters. The molecule has 0 amide bonds. The number of carboxylic acid groups (broad SMARTS) is 1. The van der Waals surface area contributed by atoms with Crippen molar-refractivity contribution < 1.29 is 23.1 Å². The molecule has 1 heterocycles. The van der Waals surface area contributed by atoms with Crippen LogP contribution in [0.2, 0.25) is 10.0 Å². The number of aliphatic carboxylic acids is 1. The van der Waals surface area contributed by atoms with Gasteiger partial charge in [0.1, 0.15) is 0 Å². The zero-order chi connectivity index (χ0) is 15.7. The summed E-state index contributed by atoms with van der Waals surface area (Å²) in [6.07, 6.45) is -0.885. The lowest BCUT2D eigenvalue weighted by atomic mass is 10.0. The molecule has 0 saturated heterocycles. The van der Waals surface area contributed by atoms with Crippen molar-refractivity contribution in [2.75, 3.05) is 0 Å². The molecule has 0 fully saturated rings. The van der Waals surface area contributed by atoms with Crippen LogP contribution in [0.5, 0.6) is 0 Å². The Bertz CT molecular complexity index is 718. The van der Waals surface area contributed by atoms with Crippen LogP contribution in [-0.4, -0.2) is 16.1 Å². The highest BCUT2D eigenvalue weighted by atomic mass is 35.5. The molecule has 2 rings (SSSR count). The zero-order valence-electron chi connectivity index (χ0n) is 10.1. The first-order chi connectivity index (χ1) is 9.79. The average Bonchev–Trinajstić information content (AvgIpc) is 2.34. The third kappa shape index (κ3) is 3.28. The Balaban J connectivity index is 2.72. The minimum atomic E-state index is -1.60. The summed E-state index contributed by atoms with van der Waals surface area (Å²) in [5.41, 5.74) is -1.59. The number of hydrogen-bond donors (Lipinski definition) is 1. The molecule has 0 aliphatic rings. The fourth-order valence-electron chi connectivity index (χ4n) is 1.77. The van der Waals surface area contributed by atoms with Crippen molar-refractivity contribution in [2.24, 2.45) is 0 Å². The van der Waals surface area contributed by atoms with Crippen molar-refractivity contribution in [1.82, 2.24) is 4.98 Å². The molecule has 1 aromatic heterocycles. The number of hydrogen-bond acceptors (Lipinski definition) is 2. The Kier molecular flexibility index (Phi) is 4.39. The summed E-state index contributed by atoms with van der Waals surface area (Å²) < 4.78 is 41.5. The monoisotopic (exact) mass is 335 g/mol. The molecule has 0 bridgehead atoms. The molecule has 0 aliphatic heterocycles. The maximum absolute atomic E-state index is 14.2. The van der Waals surface area contributed by atoms with E-state index in [-0.39, 0.29) is 15.6 Å². The van der Waals surface area contributed by atoms with Crippen LogP contribution < -0.4 is 0 Å². The molecule has 1 aromatic carbocycles. The van der Waals surface area contributed by atoms with E-state index < -0.39 is 41.2 Å². The van der Waals surface area contributed by atoms with Crippen molar-refractivity contribution in [3.8, 4) is 11.1 Å². The molecule has 0 spiro atoms. The molecule has 0 saturated carbocycles. The van der Waals surface area contributed by atoms with E-state index in [0.29, 0.717) is 0 Å². The predicted octanol–water partition coefficient (Wildman–Crippen LogP) is 4.10. The maximum atomic E-state index is 14.2. The van der Waals surface area contributed by atoms with Crippen LogP contribution in [-0.2, 0) is 11.2 Å². The molecule has 3 nitrogen and oxygen atoms in total. The summed E-state index contributed by atoms with van der Waals surface area (Å²) in [6.45, 7) is 0. The van der Waals surface area contributed by atoms with E-state index in [1.165, 1.54) is 18.2 Å². The van der Waals surface area contributed by atoms with E-state index in [4.69, 9.17) is 28.3 Å². The smallest absolute Gasteiger partial charge is 0.309 e. The normalized spacial score (nSPS) is 10.7. The van der Waals surface area contributed by atoms with Gasteiger partial charge in [-0.3, -0.25) is 4.79 Å². The standard InChI is InChI=1S/C13H6Cl2F3NO2/c14-6-1-5(2-7(15)3-6)10-11(16)8(4-9(20)21)19-13(18)12(10)17/h1-3H,4H2,(H,20,21). The number of rotatable bonds is 3. The summed E-state index contributed by atoms with van der Waals surface area (Å²) in [5, 5.41) is 8.82. The van der Waals surface area contributed by atoms with Crippen LogP contribution in [0.15, 0.2) is 18.2 Å². The summed E-state index contributed by atoms with van der Waals surface area (Å²) in [5.74, 6) is -5.84. The Labute approximate surface area is 126 Å². The van der Waals surface area contributed by atoms with Crippen molar-refractivity contribution >= 4 is 29.2 Å². The second kappa shape index (κ2) is 5.91. The van der Waals surface area contributed by atoms with Crippen LogP contribution in [0.25, 0.3) is 11.1 Å². The number of carbonyl (C=O) groups is 1. The van der Waals surface area contributed by atoms with Crippen LogP contribution in [0.3, 0.4) is 0 Å². The van der Waals surface area contributed by atoms with Gasteiger partial charge in [-0.2, -0.15) is 4.39 Å². The summed E-state index contributed by atoms with van der Waals surface area (Å²) >= 11 is 11.5. The molecule has 0 radical (unpaired) electrons. The quantitative estimate of drug-likeness (QED) is 0.859. The fourth-order valence-corrected chi connectivity index (χ4v) is 2.30. The van der Waals surface area contributed by atoms with Crippen molar-refractivity contribution in [3.63, 3.8) is 0 Å². The van der Waals surface area contributed by atoms with Crippen molar-refractivity contribution in [3.05, 3.63) is 51.5 Å². The predicted molar refractivity (Wildman–Crippen MR) is 70.9 cm³/mol. The largest absolute Gasteiger partial charge is 0.481 e. The average molecular weight is 336 g/mol. The van der Waals surface area contributed by atoms with Gasteiger partial charge in [0.25, 0.3) is 0 Å². The van der Waals surface area contributed by atoms with Crippen molar-refractivity contribution in [1.29, 1.82) is 0 Å². The van der Waals surface area contributed by atoms with Gasteiger partial charge in [0.2, 0.25) is 5.95 Å². The summed E-state index contributed by atoms with van der Waals surface area (Å²) in [6, 6.07) is 3.69. The number of nitrogens with zero attached hydrogens (tertiary/aromatic N) is 1. The Morgan fingerprint density at radius 3 is 2.19 bits per heavy atom. The van der Waals surface area contributed by atoms with E-state index in [1.54, 1.807) is 0 Å². The Hall–Kier alpha value is -1.79. The minimum Gasteiger partial charge on any atom is -0.481 e. The van der Waals surface area contributed by atoms with Gasteiger partial charge in [-0.25, -0.2) is 13.8 Å². The van der Waals surface area contributed by atoms with Crippen molar-refractivity contribution in [2.45, 2.75) is 6.42 Å². The zero-order valence-corrected chi connectivity index (χ0v) is 11.6. The second-order valence-corrected chi connectivity index (χ2v) is 4.95. The molecular formula is C13H6Cl2F3NO2. The Morgan fingerprint density at radius 1 is 1.10 bits per heavy atom. The first kappa shape index (κ1) is 15.6.